The number of aryl methyl sites for hydroxylation is 1. The van der Waals surface area contributed by atoms with E-state index in [2.05, 4.69) is 31.4 Å². The van der Waals surface area contributed by atoms with Crippen LogP contribution in [-0.4, -0.2) is 51.5 Å². The molecule has 0 saturated carbocycles. The highest BCUT2D eigenvalue weighted by atomic mass is 32.2. The van der Waals surface area contributed by atoms with Crippen LogP contribution in [0.5, 0.6) is 5.88 Å². The van der Waals surface area contributed by atoms with Gasteiger partial charge in [-0.15, -0.1) is 5.10 Å². The lowest BCUT2D eigenvalue weighted by molar-refractivity contribution is -0.219. The number of hydrogen-bond donors (Lipinski definition) is 4. The molecule has 0 spiro atoms. The second-order valence-electron chi connectivity index (χ2n) is 13.2. The zero-order valence-electron chi connectivity index (χ0n) is 28.0. The van der Waals surface area contributed by atoms with E-state index in [1.54, 1.807) is 16.9 Å². The number of nitrogens with two attached hydrogens (primary N) is 2. The van der Waals surface area contributed by atoms with Crippen LogP contribution < -0.4 is 31.5 Å². The van der Waals surface area contributed by atoms with Gasteiger partial charge in [0, 0.05) is 48.3 Å². The van der Waals surface area contributed by atoms with Crippen molar-refractivity contribution in [3.63, 3.8) is 0 Å². The summed E-state index contributed by atoms with van der Waals surface area (Å²) in [4.78, 5) is 12.2. The van der Waals surface area contributed by atoms with E-state index in [9.17, 15) is 13.2 Å². The largest absolute Gasteiger partial charge is 0.476 e. The molecular weight excluding hydrogens is 674 g/mol. The number of halogens is 3. The molecule has 4 heterocycles. The number of ether oxygens (including phenoxy) is 1. The number of amidine groups is 1. The topological polar surface area (TPSA) is 145 Å². The van der Waals surface area contributed by atoms with Crippen LogP contribution in [0.4, 0.5) is 24.1 Å². The van der Waals surface area contributed by atoms with Crippen molar-refractivity contribution in [2.45, 2.75) is 71.0 Å². The monoisotopic (exact) mass is 716 g/mol. The molecule has 0 saturated heterocycles. The molecule has 1 aliphatic heterocycles. The Morgan fingerprint density at radius 1 is 1.02 bits per heavy atom. The fourth-order valence-corrected chi connectivity index (χ4v) is 6.83. The minimum absolute atomic E-state index is 0.101. The zero-order valence-corrected chi connectivity index (χ0v) is 29.7. The molecule has 4 bridgehead atoms. The Morgan fingerprint density at radius 2 is 1.80 bits per heavy atom. The number of pyridine rings is 1. The van der Waals surface area contributed by atoms with Gasteiger partial charge >= 0.3 is 6.18 Å². The van der Waals surface area contributed by atoms with E-state index in [4.69, 9.17) is 26.3 Å². The summed E-state index contributed by atoms with van der Waals surface area (Å²) in [5, 5.41) is 10.6. The molecule has 0 radical (unpaired) electrons. The Bertz CT molecular complexity index is 1740. The van der Waals surface area contributed by atoms with Crippen molar-refractivity contribution in [3.05, 3.63) is 60.3 Å². The fourth-order valence-electron chi connectivity index (χ4n) is 5.25. The molecule has 0 aliphatic carbocycles. The molecule has 6 N–H and O–H groups in total. The van der Waals surface area contributed by atoms with Crippen molar-refractivity contribution in [2.24, 2.45) is 27.5 Å². The molecule has 0 unspecified atom stereocenters. The van der Waals surface area contributed by atoms with Crippen LogP contribution in [0, 0.1) is 10.8 Å². The van der Waals surface area contributed by atoms with Crippen LogP contribution in [0.25, 0.3) is 16.3 Å². The Kier molecular flexibility index (Phi) is 11.3. The van der Waals surface area contributed by atoms with E-state index in [0.29, 0.717) is 22.5 Å². The molecule has 0 fully saturated rings. The van der Waals surface area contributed by atoms with Crippen LogP contribution in [0.3, 0.4) is 0 Å². The number of thiazole rings is 1. The van der Waals surface area contributed by atoms with E-state index in [1.807, 2.05) is 50.2 Å². The molecule has 264 valence electrons. The smallest absolute Gasteiger partial charge is 0.397 e. The number of alkyl halides is 3. The van der Waals surface area contributed by atoms with Gasteiger partial charge in [0.05, 0.1) is 5.41 Å². The third-order valence-electron chi connectivity index (χ3n) is 8.37. The second kappa shape index (κ2) is 15.3. The highest BCUT2D eigenvalue weighted by Gasteiger charge is 2.48. The lowest BCUT2D eigenvalue weighted by Gasteiger charge is -2.33. The van der Waals surface area contributed by atoms with Gasteiger partial charge < -0.3 is 20.1 Å². The van der Waals surface area contributed by atoms with E-state index in [1.165, 1.54) is 23.3 Å². The van der Waals surface area contributed by atoms with Crippen molar-refractivity contribution in [2.75, 3.05) is 29.3 Å². The average molecular weight is 717 g/mol. The van der Waals surface area contributed by atoms with E-state index < -0.39 is 23.6 Å². The Morgan fingerprint density at radius 3 is 2.57 bits per heavy atom. The summed E-state index contributed by atoms with van der Waals surface area (Å²) < 4.78 is 50.8. The molecule has 0 atom stereocenters. The number of aromatic nitrogens is 4. The van der Waals surface area contributed by atoms with Gasteiger partial charge in [0.15, 0.2) is 5.13 Å². The first-order valence-corrected chi connectivity index (χ1v) is 17.7. The van der Waals surface area contributed by atoms with Crippen LogP contribution >= 0.6 is 23.3 Å². The van der Waals surface area contributed by atoms with Crippen LogP contribution in [-0.2, 0) is 6.42 Å². The molecule has 16 heteroatoms. The van der Waals surface area contributed by atoms with Gasteiger partial charge in [-0.2, -0.15) is 18.3 Å². The third-order valence-corrected chi connectivity index (χ3v) is 10.2. The van der Waals surface area contributed by atoms with Gasteiger partial charge in [-0.25, -0.2) is 26.0 Å². The summed E-state index contributed by atoms with van der Waals surface area (Å²) in [6.07, 6.45) is 2.19. The first kappa shape index (κ1) is 36.3. The summed E-state index contributed by atoms with van der Waals surface area (Å²) >= 11 is 2.72. The summed E-state index contributed by atoms with van der Waals surface area (Å²) in [6, 6.07) is 15.6. The first-order chi connectivity index (χ1) is 23.3. The van der Waals surface area contributed by atoms with Crippen molar-refractivity contribution in [1.29, 1.82) is 0 Å². The fraction of sp³-hybridized carbons (Fsp3) is 0.455. The molecule has 49 heavy (non-hydrogen) atoms. The highest BCUT2D eigenvalue weighted by molar-refractivity contribution is 8.00. The maximum absolute atomic E-state index is 13.4. The van der Waals surface area contributed by atoms with Gasteiger partial charge in [0.2, 0.25) is 5.88 Å². The van der Waals surface area contributed by atoms with Crippen LogP contribution in [0.15, 0.2) is 64.9 Å². The van der Waals surface area contributed by atoms with Gasteiger partial charge in [-0.1, -0.05) is 68.4 Å². The zero-order chi connectivity index (χ0) is 35.2. The van der Waals surface area contributed by atoms with E-state index in [0.717, 1.165) is 80.2 Å². The first-order valence-electron chi connectivity index (χ1n) is 16.1. The van der Waals surface area contributed by atoms with Gasteiger partial charge in [-0.05, 0) is 50.8 Å². The average Bonchev–Trinajstić information content (AvgIpc) is 3.71. The Labute approximate surface area is 292 Å². The predicted octanol–water partition coefficient (Wildman–Crippen LogP) is 7.16. The number of nitrogens with one attached hydrogen (secondary N) is 2. The number of hydrazine groups is 1. The van der Waals surface area contributed by atoms with Crippen molar-refractivity contribution < 1.29 is 17.9 Å². The maximum Gasteiger partial charge on any atom is 0.397 e. The molecule has 4 aromatic rings. The molecule has 0 amide bonds. The Hall–Kier alpha value is -4.02. The summed E-state index contributed by atoms with van der Waals surface area (Å²) in [6.45, 7) is 7.11. The maximum atomic E-state index is 13.4. The number of hydrazone groups is 1. The standard InChI is InChI=1S/C33H43F3N10OS2/c1-31(2,29(37)41-44-38)20-45-18-10-6-5-7-12-22-13-8-9-14-23(22)27-28(48-30(40-27)43-49-26-16-11-15-24(45)39-26)46-19-17-25(42-46)47-21-32(3,4)33(34,35)36/h8-9,11,13-17,19,44H,5-7,10,12,18,20-21,38H2,1-4H3,(H2,37,41)(H,40,43). The minimum Gasteiger partial charge on any atom is -0.476 e. The lowest BCUT2D eigenvalue weighted by Crippen LogP contribution is -2.44. The third kappa shape index (κ3) is 8.97. The number of fused-ring (bicyclic) bond motifs is 6. The van der Waals surface area contributed by atoms with Gasteiger partial charge in [0.25, 0.3) is 0 Å². The minimum atomic E-state index is -4.41. The number of nitrogens with zero attached hydrogens (tertiary/aromatic N) is 6. The van der Waals surface area contributed by atoms with Crippen molar-refractivity contribution in [1.82, 2.24) is 25.3 Å². The van der Waals surface area contributed by atoms with Gasteiger partial charge in [0.1, 0.15) is 34.0 Å². The molecule has 11 nitrogen and oxygen atoms in total. The summed E-state index contributed by atoms with van der Waals surface area (Å²) in [7, 11) is 0. The quantitative estimate of drug-likeness (QED) is 0.0487. The van der Waals surface area contributed by atoms with Crippen LogP contribution in [0.2, 0.25) is 0 Å². The summed E-state index contributed by atoms with van der Waals surface area (Å²) in [5.74, 6) is 6.74. The molecular formula is C33H43F3N10OS2. The van der Waals surface area contributed by atoms with E-state index >= 15 is 0 Å². The van der Waals surface area contributed by atoms with Crippen molar-refractivity contribution in [3.8, 4) is 22.1 Å². The molecule has 1 aliphatic rings. The number of benzene rings is 1. The predicted molar refractivity (Wildman–Crippen MR) is 191 cm³/mol. The van der Waals surface area contributed by atoms with Crippen molar-refractivity contribution >= 4 is 40.1 Å². The molecule has 3 aromatic heterocycles. The number of hydrogen-bond acceptors (Lipinski definition) is 11. The molecule has 1 aromatic carbocycles. The number of anilines is 2. The Balaban J connectivity index is 1.46. The SMILES string of the molecule is CC(C)(CN1CCCCCCc2ccccc2-c2nc(sc2-n2ccc(OCC(C)(C)C(F)(F)F)n2)NSc2cccc1n2)/C(N)=N/NN. The second-order valence-corrected chi connectivity index (χ2v) is 15.0. The highest BCUT2D eigenvalue weighted by Crippen LogP contribution is 2.40. The molecule has 5 rings (SSSR count). The normalized spacial score (nSPS) is 15.3. The number of rotatable bonds is 8. The van der Waals surface area contributed by atoms with E-state index in [-0.39, 0.29) is 5.88 Å². The van der Waals surface area contributed by atoms with Gasteiger partial charge in [-0.3, -0.25) is 0 Å². The summed E-state index contributed by atoms with van der Waals surface area (Å²) in [5.41, 5.74) is 8.93. The lowest BCUT2D eigenvalue weighted by atomic mass is 9.91. The van der Waals surface area contributed by atoms with Crippen LogP contribution in [0.1, 0.15) is 58.9 Å².